The highest BCUT2D eigenvalue weighted by molar-refractivity contribution is 6.33. The summed E-state index contributed by atoms with van der Waals surface area (Å²) in [6.45, 7) is 4.35. The van der Waals surface area contributed by atoms with Crippen LogP contribution in [0.4, 0.5) is 5.69 Å². The van der Waals surface area contributed by atoms with E-state index < -0.39 is 11.9 Å². The number of pyridine rings is 2. The van der Waals surface area contributed by atoms with E-state index in [1.165, 1.54) is 0 Å². The van der Waals surface area contributed by atoms with Crippen LogP contribution in [0.25, 0.3) is 44.2 Å². The molecule has 0 bridgehead atoms. The van der Waals surface area contributed by atoms with Crippen LogP contribution in [0, 0.1) is 11.8 Å². The van der Waals surface area contributed by atoms with Crippen molar-refractivity contribution in [2.45, 2.75) is 38.6 Å². The molecule has 0 aliphatic carbocycles. The number of hydrogen-bond donors (Lipinski definition) is 3. The molecule has 3 aromatic carbocycles. The monoisotopic (exact) mass is 725 g/mol. The van der Waals surface area contributed by atoms with Gasteiger partial charge in [-0.1, -0.05) is 55.5 Å². The molecule has 6 aromatic rings. The number of anilines is 1. The van der Waals surface area contributed by atoms with Gasteiger partial charge in [0.05, 0.1) is 34.0 Å². The number of halogens is 1. The number of aromatic nitrogens is 4. The summed E-state index contributed by atoms with van der Waals surface area (Å²) in [5.41, 5.74) is 7.83. The topological polar surface area (TPSA) is 140 Å². The van der Waals surface area contributed by atoms with Crippen LogP contribution in [0.5, 0.6) is 0 Å². The maximum absolute atomic E-state index is 12.8. The number of hydrogen-bond acceptors (Lipinski definition) is 7. The van der Waals surface area contributed by atoms with E-state index in [-0.39, 0.29) is 42.1 Å². The van der Waals surface area contributed by atoms with Gasteiger partial charge < -0.3 is 10.6 Å². The number of carbonyl (C=O) groups excluding carboxylic acids is 3. The van der Waals surface area contributed by atoms with Gasteiger partial charge in [0, 0.05) is 49.4 Å². The number of imidazole rings is 1. The van der Waals surface area contributed by atoms with E-state index in [0.717, 1.165) is 49.8 Å². The average molecular weight is 726 g/mol. The fourth-order valence-electron chi connectivity index (χ4n) is 6.64. The molecule has 4 heterocycles. The van der Waals surface area contributed by atoms with Gasteiger partial charge in [-0.3, -0.25) is 38.8 Å². The van der Waals surface area contributed by atoms with Crippen LogP contribution in [0.15, 0.2) is 83.9 Å². The molecule has 1 aliphatic rings. The normalized spacial score (nSPS) is 14.3. The molecule has 1 aliphatic heterocycles. The summed E-state index contributed by atoms with van der Waals surface area (Å²) in [5.74, 6) is 5.09. The molecule has 3 amide bonds. The van der Waals surface area contributed by atoms with Crippen molar-refractivity contribution in [2.75, 3.05) is 11.9 Å². The van der Waals surface area contributed by atoms with Crippen LogP contribution in [0.2, 0.25) is 5.02 Å². The molecule has 1 unspecified atom stereocenters. The zero-order valence-corrected chi connectivity index (χ0v) is 30.3. The second-order valence-electron chi connectivity index (χ2n) is 13.3. The van der Waals surface area contributed by atoms with Crippen molar-refractivity contribution in [3.63, 3.8) is 0 Å². The van der Waals surface area contributed by atoms with Crippen LogP contribution < -0.4 is 21.6 Å². The molecule has 12 heteroatoms. The number of aryl methyl sites for hydroxylation is 2. The summed E-state index contributed by atoms with van der Waals surface area (Å²) in [4.78, 5) is 58.4. The fourth-order valence-corrected chi connectivity index (χ4v) is 6.81. The van der Waals surface area contributed by atoms with E-state index in [1.54, 1.807) is 46.6 Å². The van der Waals surface area contributed by atoms with E-state index in [4.69, 9.17) is 16.6 Å². The van der Waals surface area contributed by atoms with Crippen LogP contribution in [0.1, 0.15) is 54.2 Å². The molecule has 1 atom stereocenters. The Kier molecular flexibility index (Phi) is 9.56. The Labute approximate surface area is 310 Å². The number of piperidine rings is 1. The number of amides is 3. The van der Waals surface area contributed by atoms with Gasteiger partial charge in [-0.15, -0.1) is 0 Å². The Morgan fingerprint density at radius 3 is 2.57 bits per heavy atom. The largest absolute Gasteiger partial charge is 0.372 e. The first kappa shape index (κ1) is 35.2. The zero-order chi connectivity index (χ0) is 37.4. The molecule has 0 radical (unpaired) electrons. The number of nitrogens with one attached hydrogen (secondary N) is 3. The number of nitrogens with zero attached hydrogens (tertiary/aromatic N) is 4. The maximum Gasteiger partial charge on any atom is 0.328 e. The second-order valence-corrected chi connectivity index (χ2v) is 13.8. The maximum atomic E-state index is 12.8. The summed E-state index contributed by atoms with van der Waals surface area (Å²) in [7, 11) is 3.62. The average Bonchev–Trinajstić information content (AvgIpc) is 3.37. The van der Waals surface area contributed by atoms with Gasteiger partial charge in [-0.25, -0.2) is 4.79 Å². The number of imide groups is 1. The predicted octanol–water partition coefficient (Wildman–Crippen LogP) is 5.93. The molecule has 1 fully saturated rings. The van der Waals surface area contributed by atoms with Gasteiger partial charge in [0.25, 0.3) is 5.91 Å². The number of rotatable bonds is 7. The van der Waals surface area contributed by atoms with Gasteiger partial charge >= 0.3 is 5.69 Å². The molecule has 0 saturated carbocycles. The van der Waals surface area contributed by atoms with Crippen molar-refractivity contribution in [1.29, 1.82) is 0 Å². The summed E-state index contributed by atoms with van der Waals surface area (Å²) in [5, 5.41) is 10.6. The number of benzene rings is 3. The van der Waals surface area contributed by atoms with Crippen LogP contribution in [-0.4, -0.2) is 49.4 Å². The lowest BCUT2D eigenvalue weighted by molar-refractivity contribution is -0.133. The molecule has 3 aromatic heterocycles. The Bertz CT molecular complexity index is 2580. The van der Waals surface area contributed by atoms with Crippen LogP contribution >= 0.6 is 11.6 Å². The summed E-state index contributed by atoms with van der Waals surface area (Å²) < 4.78 is 3.41. The van der Waals surface area contributed by atoms with Gasteiger partial charge in [-0.05, 0) is 82.9 Å². The Morgan fingerprint density at radius 1 is 0.981 bits per heavy atom. The Hall–Kier alpha value is -6.25. The lowest BCUT2D eigenvalue weighted by Gasteiger charge is -2.23. The predicted molar refractivity (Wildman–Crippen MR) is 207 cm³/mol. The first-order valence-electron chi connectivity index (χ1n) is 17.2. The molecule has 53 heavy (non-hydrogen) atoms. The Balaban J connectivity index is 1.04. The first-order valence-corrected chi connectivity index (χ1v) is 17.6. The lowest BCUT2D eigenvalue weighted by atomic mass is 9.93. The lowest BCUT2D eigenvalue weighted by Crippen LogP contribution is -2.47. The molecule has 3 N–H and O–H groups in total. The van der Waals surface area contributed by atoms with Gasteiger partial charge in [0.2, 0.25) is 11.8 Å². The third-order valence-corrected chi connectivity index (χ3v) is 9.81. The molecule has 7 rings (SSSR count). The van der Waals surface area contributed by atoms with Crippen molar-refractivity contribution in [1.82, 2.24) is 29.7 Å². The third kappa shape index (κ3) is 7.01. The SMILES string of the molecule is CC(C)c1cc(-c2cccc3cc(-c4ccc(C(=O)NCC#Cc5ccc(Cl)c(NC6CCC(=O)NC6=O)c5)nc4)ncc23)cc2c1n(C)c(=O)n2C. The smallest absolute Gasteiger partial charge is 0.328 e. The minimum atomic E-state index is -0.574. The minimum Gasteiger partial charge on any atom is -0.372 e. The van der Waals surface area contributed by atoms with E-state index in [2.05, 4.69) is 64.8 Å². The van der Waals surface area contributed by atoms with E-state index in [1.807, 2.05) is 37.5 Å². The summed E-state index contributed by atoms with van der Waals surface area (Å²) >= 11 is 6.32. The quantitative estimate of drug-likeness (QED) is 0.137. The fraction of sp³-hybridized carbons (Fsp3) is 0.220. The van der Waals surface area contributed by atoms with E-state index in [0.29, 0.717) is 22.7 Å². The highest BCUT2D eigenvalue weighted by Crippen LogP contribution is 2.35. The Morgan fingerprint density at radius 2 is 1.81 bits per heavy atom. The van der Waals surface area contributed by atoms with Gasteiger partial charge in [-0.2, -0.15) is 0 Å². The van der Waals surface area contributed by atoms with Crippen molar-refractivity contribution in [3.05, 3.63) is 111 Å². The van der Waals surface area contributed by atoms with Crippen molar-refractivity contribution < 1.29 is 14.4 Å². The summed E-state index contributed by atoms with van der Waals surface area (Å²) in [6, 6.07) is 20.4. The van der Waals surface area contributed by atoms with Gasteiger partial charge in [0.15, 0.2) is 0 Å². The number of carbonyl (C=O) groups is 3. The molecule has 11 nitrogen and oxygen atoms in total. The molecular formula is C41H36ClN7O4. The van der Waals surface area contributed by atoms with Crippen molar-refractivity contribution >= 4 is 56.8 Å². The van der Waals surface area contributed by atoms with Crippen LogP contribution in [0.3, 0.4) is 0 Å². The minimum absolute atomic E-state index is 0.0544. The number of fused-ring (bicyclic) bond motifs is 2. The standard InChI is InChI=1S/C41H36ClN7O4/c1-23(2)29-18-27(20-36-38(29)49(4)41(53)48(36)3)28-9-5-8-25-19-34(45-22-30(25)28)26-11-13-32(44-21-26)39(51)43-16-6-7-24-10-12-31(42)35(17-24)46-33-14-15-37(50)47-40(33)52/h5,8-13,17-23,33,46H,14-16H2,1-4H3,(H,43,51)(H,47,50,52). The van der Waals surface area contributed by atoms with Crippen molar-refractivity contribution in [3.8, 4) is 34.2 Å². The van der Waals surface area contributed by atoms with Gasteiger partial charge in [0.1, 0.15) is 11.7 Å². The van der Waals surface area contributed by atoms with E-state index in [9.17, 15) is 19.2 Å². The summed E-state index contributed by atoms with van der Waals surface area (Å²) in [6.07, 6.45) is 4.10. The van der Waals surface area contributed by atoms with Crippen LogP contribution in [-0.2, 0) is 23.7 Å². The molecular weight excluding hydrogens is 690 g/mol. The molecule has 1 saturated heterocycles. The van der Waals surface area contributed by atoms with Crippen molar-refractivity contribution in [2.24, 2.45) is 14.1 Å². The molecule has 0 spiro atoms. The highest BCUT2D eigenvalue weighted by Gasteiger charge is 2.27. The molecule has 266 valence electrons. The third-order valence-electron chi connectivity index (χ3n) is 9.48. The van der Waals surface area contributed by atoms with E-state index >= 15 is 0 Å². The zero-order valence-electron chi connectivity index (χ0n) is 29.6. The second kappa shape index (κ2) is 14.4. The first-order chi connectivity index (χ1) is 25.5. The highest BCUT2D eigenvalue weighted by atomic mass is 35.5.